The fourth-order valence-corrected chi connectivity index (χ4v) is 3.09. The molecule has 0 saturated carbocycles. The summed E-state index contributed by atoms with van der Waals surface area (Å²) in [6, 6.07) is 5.27. The quantitative estimate of drug-likeness (QED) is 0.681. The standard InChI is InChI=1S/C15H26N2O3S/c1-5-13-6-7-15(10-14(13)11-16-4)21(18,19)17-8-9-20-12(2)3/h6-7,10,12,16-17H,5,8-9,11H2,1-4H3. The highest BCUT2D eigenvalue weighted by molar-refractivity contribution is 7.89. The Bertz CT molecular complexity index is 542. The van der Waals surface area contributed by atoms with Crippen LogP contribution in [0.2, 0.25) is 0 Å². The van der Waals surface area contributed by atoms with Crippen LogP contribution in [0.25, 0.3) is 0 Å². The van der Waals surface area contributed by atoms with Gasteiger partial charge in [-0.05, 0) is 50.6 Å². The second-order valence-corrected chi connectivity index (χ2v) is 6.90. The van der Waals surface area contributed by atoms with Crippen molar-refractivity contribution in [1.82, 2.24) is 10.0 Å². The molecule has 5 nitrogen and oxygen atoms in total. The average Bonchev–Trinajstić information content (AvgIpc) is 2.44. The van der Waals surface area contributed by atoms with Gasteiger partial charge in [0, 0.05) is 13.1 Å². The van der Waals surface area contributed by atoms with Crippen LogP contribution in [0.1, 0.15) is 31.9 Å². The Kier molecular flexibility index (Phi) is 7.31. The fourth-order valence-electron chi connectivity index (χ4n) is 2.02. The first-order chi connectivity index (χ1) is 9.90. The third-order valence-corrected chi connectivity index (χ3v) is 4.54. The van der Waals surface area contributed by atoms with Crippen molar-refractivity contribution in [2.75, 3.05) is 20.2 Å². The van der Waals surface area contributed by atoms with Crippen LogP contribution < -0.4 is 10.0 Å². The van der Waals surface area contributed by atoms with Crippen LogP contribution >= 0.6 is 0 Å². The Morgan fingerprint density at radius 1 is 1.24 bits per heavy atom. The highest BCUT2D eigenvalue weighted by Gasteiger charge is 2.15. The number of rotatable bonds is 9. The lowest BCUT2D eigenvalue weighted by Gasteiger charge is -2.12. The van der Waals surface area contributed by atoms with Crippen LogP contribution in [0, 0.1) is 0 Å². The van der Waals surface area contributed by atoms with Crippen molar-refractivity contribution in [3.8, 4) is 0 Å². The summed E-state index contributed by atoms with van der Waals surface area (Å²) in [7, 11) is -1.63. The molecule has 0 heterocycles. The Labute approximate surface area is 128 Å². The van der Waals surface area contributed by atoms with Gasteiger partial charge in [0.25, 0.3) is 0 Å². The minimum atomic E-state index is -3.48. The van der Waals surface area contributed by atoms with E-state index >= 15 is 0 Å². The third kappa shape index (κ3) is 5.74. The number of benzene rings is 1. The Hall–Kier alpha value is -0.950. The minimum absolute atomic E-state index is 0.0978. The Balaban J connectivity index is 2.80. The van der Waals surface area contributed by atoms with Gasteiger partial charge in [-0.1, -0.05) is 13.0 Å². The minimum Gasteiger partial charge on any atom is -0.377 e. The van der Waals surface area contributed by atoms with E-state index in [9.17, 15) is 8.42 Å². The number of hydrogen-bond donors (Lipinski definition) is 2. The van der Waals surface area contributed by atoms with Crippen molar-refractivity contribution in [2.45, 2.75) is 44.7 Å². The van der Waals surface area contributed by atoms with Crippen LogP contribution in [-0.4, -0.2) is 34.7 Å². The molecule has 0 radical (unpaired) electrons. The molecule has 1 aromatic carbocycles. The maximum absolute atomic E-state index is 12.2. The number of nitrogens with one attached hydrogen (secondary N) is 2. The van der Waals surface area contributed by atoms with Gasteiger partial charge in [-0.15, -0.1) is 0 Å². The topological polar surface area (TPSA) is 67.4 Å². The normalized spacial score (nSPS) is 12.0. The van der Waals surface area contributed by atoms with Crippen LogP contribution in [-0.2, 0) is 27.7 Å². The molecular weight excluding hydrogens is 288 g/mol. The lowest BCUT2D eigenvalue weighted by atomic mass is 10.1. The molecule has 0 aliphatic carbocycles. The molecule has 2 N–H and O–H groups in total. The number of aryl methyl sites for hydroxylation is 1. The van der Waals surface area contributed by atoms with E-state index in [0.29, 0.717) is 18.0 Å². The van der Waals surface area contributed by atoms with Gasteiger partial charge in [0.1, 0.15) is 0 Å². The highest BCUT2D eigenvalue weighted by Crippen LogP contribution is 2.16. The van der Waals surface area contributed by atoms with Gasteiger partial charge in [0.2, 0.25) is 10.0 Å². The van der Waals surface area contributed by atoms with E-state index in [4.69, 9.17) is 4.74 Å². The SMILES string of the molecule is CCc1ccc(S(=O)(=O)NCCOC(C)C)cc1CNC. The lowest BCUT2D eigenvalue weighted by Crippen LogP contribution is -2.28. The zero-order valence-corrected chi connectivity index (χ0v) is 14.1. The molecule has 0 saturated heterocycles. The molecule has 0 unspecified atom stereocenters. The number of hydrogen-bond acceptors (Lipinski definition) is 4. The van der Waals surface area contributed by atoms with Crippen molar-refractivity contribution in [2.24, 2.45) is 0 Å². The predicted molar refractivity (Wildman–Crippen MR) is 84.9 cm³/mol. The van der Waals surface area contributed by atoms with Gasteiger partial charge in [-0.25, -0.2) is 13.1 Å². The predicted octanol–water partition coefficient (Wildman–Crippen LogP) is 1.67. The molecule has 0 fully saturated rings. The summed E-state index contributed by atoms with van der Waals surface area (Å²) in [4.78, 5) is 0.300. The van der Waals surface area contributed by atoms with E-state index in [-0.39, 0.29) is 12.6 Å². The zero-order chi connectivity index (χ0) is 15.9. The molecule has 0 spiro atoms. The first-order valence-corrected chi connectivity index (χ1v) is 8.76. The third-order valence-electron chi connectivity index (χ3n) is 3.08. The van der Waals surface area contributed by atoms with E-state index in [1.165, 1.54) is 0 Å². The van der Waals surface area contributed by atoms with Gasteiger partial charge < -0.3 is 10.1 Å². The van der Waals surface area contributed by atoms with Gasteiger partial charge >= 0.3 is 0 Å². The summed E-state index contributed by atoms with van der Waals surface area (Å²) in [5, 5.41) is 3.07. The molecule has 0 aromatic heterocycles. The van der Waals surface area contributed by atoms with Gasteiger partial charge in [-0.3, -0.25) is 0 Å². The van der Waals surface area contributed by atoms with Gasteiger partial charge in [0.05, 0.1) is 17.6 Å². The average molecular weight is 314 g/mol. The van der Waals surface area contributed by atoms with Gasteiger partial charge in [-0.2, -0.15) is 0 Å². The van der Waals surface area contributed by atoms with Crippen molar-refractivity contribution < 1.29 is 13.2 Å². The molecule has 1 rings (SSSR count). The smallest absolute Gasteiger partial charge is 0.240 e. The molecule has 0 amide bonds. The van der Waals surface area contributed by atoms with Crippen LogP contribution in [0.5, 0.6) is 0 Å². The van der Waals surface area contributed by atoms with E-state index in [2.05, 4.69) is 17.0 Å². The molecule has 0 aliphatic heterocycles. The van der Waals surface area contributed by atoms with Crippen LogP contribution in [0.15, 0.2) is 23.1 Å². The Morgan fingerprint density at radius 3 is 2.52 bits per heavy atom. The van der Waals surface area contributed by atoms with E-state index < -0.39 is 10.0 Å². The lowest BCUT2D eigenvalue weighted by molar-refractivity contribution is 0.0834. The molecular formula is C15H26N2O3S. The number of ether oxygens (including phenoxy) is 1. The second-order valence-electron chi connectivity index (χ2n) is 5.13. The summed E-state index contributed by atoms with van der Waals surface area (Å²) in [6.45, 7) is 7.20. The van der Waals surface area contributed by atoms with E-state index in [1.807, 2.05) is 27.0 Å². The molecule has 120 valence electrons. The molecule has 6 heteroatoms. The summed E-state index contributed by atoms with van der Waals surface area (Å²) < 4.78 is 32.4. The van der Waals surface area contributed by atoms with Crippen molar-refractivity contribution >= 4 is 10.0 Å². The summed E-state index contributed by atoms with van der Waals surface area (Å²) in [5.41, 5.74) is 2.17. The molecule has 0 aliphatic rings. The second kappa shape index (κ2) is 8.48. The monoisotopic (exact) mass is 314 g/mol. The van der Waals surface area contributed by atoms with Crippen molar-refractivity contribution in [1.29, 1.82) is 0 Å². The largest absolute Gasteiger partial charge is 0.377 e. The maximum atomic E-state index is 12.2. The number of sulfonamides is 1. The summed E-state index contributed by atoms with van der Waals surface area (Å²) in [6.07, 6.45) is 0.980. The van der Waals surface area contributed by atoms with Crippen LogP contribution in [0.4, 0.5) is 0 Å². The summed E-state index contributed by atoms with van der Waals surface area (Å²) >= 11 is 0. The summed E-state index contributed by atoms with van der Waals surface area (Å²) in [5.74, 6) is 0. The van der Waals surface area contributed by atoms with Crippen molar-refractivity contribution in [3.05, 3.63) is 29.3 Å². The van der Waals surface area contributed by atoms with Crippen LogP contribution in [0.3, 0.4) is 0 Å². The van der Waals surface area contributed by atoms with E-state index in [1.54, 1.807) is 12.1 Å². The fraction of sp³-hybridized carbons (Fsp3) is 0.600. The van der Waals surface area contributed by atoms with Gasteiger partial charge in [0.15, 0.2) is 0 Å². The van der Waals surface area contributed by atoms with E-state index in [0.717, 1.165) is 17.5 Å². The highest BCUT2D eigenvalue weighted by atomic mass is 32.2. The molecule has 0 bridgehead atoms. The Morgan fingerprint density at radius 2 is 1.95 bits per heavy atom. The first-order valence-electron chi connectivity index (χ1n) is 7.28. The molecule has 21 heavy (non-hydrogen) atoms. The zero-order valence-electron chi connectivity index (χ0n) is 13.3. The maximum Gasteiger partial charge on any atom is 0.240 e. The first kappa shape index (κ1) is 18.1. The molecule has 1 aromatic rings. The molecule has 0 atom stereocenters. The van der Waals surface area contributed by atoms with Crippen molar-refractivity contribution in [3.63, 3.8) is 0 Å².